The van der Waals surface area contributed by atoms with Crippen LogP contribution in [-0.4, -0.2) is 12.4 Å². The average Bonchev–Trinajstić information content (AvgIpc) is 2.03. The van der Waals surface area contributed by atoms with Crippen molar-refractivity contribution in [2.24, 2.45) is 4.99 Å². The summed E-state index contributed by atoms with van der Waals surface area (Å²) in [5.74, 6) is 0. The summed E-state index contributed by atoms with van der Waals surface area (Å²) in [7, 11) is 0. The molecule has 0 radical (unpaired) electrons. The van der Waals surface area contributed by atoms with E-state index in [1.54, 1.807) is 0 Å². The topological polar surface area (TPSA) is 24.4 Å². The fraction of sp³-hybridized carbons (Fsp3) is 0.300. The van der Waals surface area contributed by atoms with Gasteiger partial charge in [-0.3, -0.25) is 4.99 Å². The van der Waals surface area contributed by atoms with E-state index in [-0.39, 0.29) is 6.17 Å². The van der Waals surface area contributed by atoms with E-state index in [0.29, 0.717) is 0 Å². The summed E-state index contributed by atoms with van der Waals surface area (Å²) in [6.07, 6.45) is 2.13. The Bertz CT molecular complexity index is 329. The predicted molar refractivity (Wildman–Crippen MR) is 51.9 cm³/mol. The molecule has 1 aliphatic heterocycles. The first kappa shape index (κ1) is 7.35. The summed E-state index contributed by atoms with van der Waals surface area (Å²) in [5.41, 5.74) is 3.65. The summed E-state index contributed by atoms with van der Waals surface area (Å²) in [5, 5.41) is 3.30. The third-order valence-corrected chi connectivity index (χ3v) is 2.01. The SMILES string of the molecule is Cc1ccc2c(c1)NC(C)N=C2. The molecule has 1 aromatic carbocycles. The Morgan fingerprint density at radius 1 is 1.42 bits per heavy atom. The maximum absolute atomic E-state index is 4.26. The van der Waals surface area contributed by atoms with Gasteiger partial charge in [0.05, 0.1) is 0 Å². The van der Waals surface area contributed by atoms with E-state index in [1.165, 1.54) is 16.8 Å². The van der Waals surface area contributed by atoms with Crippen molar-refractivity contribution in [3.8, 4) is 0 Å². The molecule has 1 atom stereocenters. The Labute approximate surface area is 72.3 Å². The van der Waals surface area contributed by atoms with E-state index in [0.717, 1.165) is 0 Å². The molecule has 2 nitrogen and oxygen atoms in total. The molecule has 0 amide bonds. The molecule has 62 valence electrons. The molecule has 2 heteroatoms. The standard InChI is InChI=1S/C10H12N2/c1-7-3-4-9-6-11-8(2)12-10(9)5-7/h3-6,8,12H,1-2H3. The van der Waals surface area contributed by atoms with Crippen LogP contribution in [0.2, 0.25) is 0 Å². The van der Waals surface area contributed by atoms with Crippen LogP contribution in [0.25, 0.3) is 0 Å². The van der Waals surface area contributed by atoms with Gasteiger partial charge in [0.15, 0.2) is 0 Å². The van der Waals surface area contributed by atoms with Crippen LogP contribution in [0.15, 0.2) is 23.2 Å². The predicted octanol–water partition coefficient (Wildman–Crippen LogP) is 2.19. The minimum Gasteiger partial charge on any atom is -0.363 e. The van der Waals surface area contributed by atoms with Gasteiger partial charge in [0.1, 0.15) is 6.17 Å². The van der Waals surface area contributed by atoms with Gasteiger partial charge in [-0.05, 0) is 25.5 Å². The van der Waals surface area contributed by atoms with Gasteiger partial charge in [-0.2, -0.15) is 0 Å². The van der Waals surface area contributed by atoms with Gasteiger partial charge in [-0.25, -0.2) is 0 Å². The van der Waals surface area contributed by atoms with Crippen molar-refractivity contribution in [1.82, 2.24) is 0 Å². The van der Waals surface area contributed by atoms with E-state index < -0.39 is 0 Å². The number of nitrogens with one attached hydrogen (secondary N) is 1. The number of rotatable bonds is 0. The van der Waals surface area contributed by atoms with Crippen molar-refractivity contribution < 1.29 is 0 Å². The van der Waals surface area contributed by atoms with Crippen molar-refractivity contribution >= 4 is 11.9 Å². The molecule has 0 spiro atoms. The number of aryl methyl sites for hydroxylation is 1. The lowest BCUT2D eigenvalue weighted by molar-refractivity contribution is 0.849. The molecule has 0 saturated heterocycles. The van der Waals surface area contributed by atoms with Gasteiger partial charge in [-0.1, -0.05) is 12.1 Å². The van der Waals surface area contributed by atoms with Crippen LogP contribution in [0, 0.1) is 6.92 Å². The van der Waals surface area contributed by atoms with Crippen molar-refractivity contribution in [3.63, 3.8) is 0 Å². The summed E-state index contributed by atoms with van der Waals surface area (Å²) < 4.78 is 0. The number of benzene rings is 1. The number of hydrogen-bond donors (Lipinski definition) is 1. The molecule has 1 N–H and O–H groups in total. The number of aliphatic imine (C=N–C) groups is 1. The van der Waals surface area contributed by atoms with E-state index >= 15 is 0 Å². The minimum atomic E-state index is 0.208. The van der Waals surface area contributed by atoms with Gasteiger partial charge in [-0.15, -0.1) is 0 Å². The van der Waals surface area contributed by atoms with E-state index in [2.05, 4.69) is 35.4 Å². The summed E-state index contributed by atoms with van der Waals surface area (Å²) in [4.78, 5) is 4.26. The molecule has 1 aromatic rings. The van der Waals surface area contributed by atoms with Crippen LogP contribution in [0.5, 0.6) is 0 Å². The Balaban J connectivity index is 2.47. The number of nitrogens with zero attached hydrogens (tertiary/aromatic N) is 1. The molecule has 1 aliphatic rings. The maximum atomic E-state index is 4.26. The van der Waals surface area contributed by atoms with E-state index in [4.69, 9.17) is 0 Å². The third kappa shape index (κ3) is 1.20. The largest absolute Gasteiger partial charge is 0.363 e. The molecule has 0 saturated carbocycles. The van der Waals surface area contributed by atoms with Crippen molar-refractivity contribution in [3.05, 3.63) is 29.3 Å². The molecule has 0 bridgehead atoms. The smallest absolute Gasteiger partial charge is 0.115 e. The van der Waals surface area contributed by atoms with E-state index in [1.807, 2.05) is 13.1 Å². The Morgan fingerprint density at radius 2 is 2.25 bits per heavy atom. The Morgan fingerprint density at radius 3 is 3.08 bits per heavy atom. The normalized spacial score (nSPS) is 20.0. The summed E-state index contributed by atoms with van der Waals surface area (Å²) >= 11 is 0. The van der Waals surface area contributed by atoms with Crippen molar-refractivity contribution in [2.45, 2.75) is 20.0 Å². The second-order valence-corrected chi connectivity index (χ2v) is 3.19. The van der Waals surface area contributed by atoms with Gasteiger partial charge >= 0.3 is 0 Å². The fourth-order valence-corrected chi connectivity index (χ4v) is 1.36. The lowest BCUT2D eigenvalue weighted by Gasteiger charge is -2.18. The molecule has 0 aromatic heterocycles. The third-order valence-electron chi connectivity index (χ3n) is 2.01. The number of anilines is 1. The molecule has 0 aliphatic carbocycles. The lowest BCUT2D eigenvalue weighted by atomic mass is 10.1. The van der Waals surface area contributed by atoms with Gasteiger partial charge < -0.3 is 5.32 Å². The van der Waals surface area contributed by atoms with Crippen LogP contribution in [-0.2, 0) is 0 Å². The molecule has 2 rings (SSSR count). The monoisotopic (exact) mass is 160 g/mol. The lowest BCUT2D eigenvalue weighted by Crippen LogP contribution is -2.17. The maximum Gasteiger partial charge on any atom is 0.115 e. The van der Waals surface area contributed by atoms with Crippen molar-refractivity contribution in [2.75, 3.05) is 5.32 Å². The Kier molecular flexibility index (Phi) is 1.61. The van der Waals surface area contributed by atoms with Gasteiger partial charge in [0.25, 0.3) is 0 Å². The summed E-state index contributed by atoms with van der Waals surface area (Å²) in [6.45, 7) is 4.14. The first-order valence-electron chi connectivity index (χ1n) is 4.16. The highest BCUT2D eigenvalue weighted by Crippen LogP contribution is 2.19. The van der Waals surface area contributed by atoms with Crippen LogP contribution in [0.3, 0.4) is 0 Å². The zero-order valence-electron chi connectivity index (χ0n) is 7.33. The highest BCUT2D eigenvalue weighted by atomic mass is 15.1. The molecule has 12 heavy (non-hydrogen) atoms. The van der Waals surface area contributed by atoms with Gasteiger partial charge in [0, 0.05) is 17.5 Å². The Hall–Kier alpha value is -1.31. The van der Waals surface area contributed by atoms with Gasteiger partial charge in [0.2, 0.25) is 0 Å². The summed E-state index contributed by atoms with van der Waals surface area (Å²) in [6, 6.07) is 6.34. The minimum absolute atomic E-state index is 0.208. The van der Waals surface area contributed by atoms with E-state index in [9.17, 15) is 0 Å². The molecule has 0 fully saturated rings. The number of fused-ring (bicyclic) bond motifs is 1. The quantitative estimate of drug-likeness (QED) is 0.618. The second kappa shape index (κ2) is 2.63. The first-order valence-corrected chi connectivity index (χ1v) is 4.16. The zero-order chi connectivity index (χ0) is 8.55. The average molecular weight is 160 g/mol. The molecule has 1 heterocycles. The molecule has 1 unspecified atom stereocenters. The van der Waals surface area contributed by atoms with Crippen LogP contribution < -0.4 is 5.32 Å². The highest BCUT2D eigenvalue weighted by Gasteiger charge is 2.08. The van der Waals surface area contributed by atoms with Crippen LogP contribution in [0.1, 0.15) is 18.1 Å². The molecular formula is C10H12N2. The molecular weight excluding hydrogens is 148 g/mol. The fourth-order valence-electron chi connectivity index (χ4n) is 1.36. The van der Waals surface area contributed by atoms with Crippen molar-refractivity contribution in [1.29, 1.82) is 0 Å². The first-order chi connectivity index (χ1) is 5.75. The highest BCUT2D eigenvalue weighted by molar-refractivity contribution is 5.89. The zero-order valence-corrected chi connectivity index (χ0v) is 7.33. The van der Waals surface area contributed by atoms with Crippen LogP contribution in [0.4, 0.5) is 5.69 Å². The number of hydrogen-bond acceptors (Lipinski definition) is 2. The van der Waals surface area contributed by atoms with Crippen LogP contribution >= 0.6 is 0 Å². The second-order valence-electron chi connectivity index (χ2n) is 3.19.